The fourth-order valence-corrected chi connectivity index (χ4v) is 3.78. The van der Waals surface area contributed by atoms with Crippen molar-refractivity contribution in [1.29, 1.82) is 0 Å². The third-order valence-electron chi connectivity index (χ3n) is 3.70. The summed E-state index contributed by atoms with van der Waals surface area (Å²) < 4.78 is 24.6. The van der Waals surface area contributed by atoms with Crippen molar-refractivity contribution in [3.63, 3.8) is 0 Å². The van der Waals surface area contributed by atoms with Crippen LogP contribution in [-0.2, 0) is 16.3 Å². The molecule has 3 nitrogen and oxygen atoms in total. The summed E-state index contributed by atoms with van der Waals surface area (Å²) in [5.74, 6) is 0. The lowest BCUT2D eigenvalue weighted by Gasteiger charge is -2.26. The molecule has 0 saturated heterocycles. The Labute approximate surface area is 117 Å². The summed E-state index contributed by atoms with van der Waals surface area (Å²) in [5, 5.41) is 2.34. The second-order valence-corrected chi connectivity index (χ2v) is 8.07. The average Bonchev–Trinajstić information content (AvgIpc) is 2.40. The number of aryl methyl sites for hydroxylation is 1. The van der Waals surface area contributed by atoms with Crippen molar-refractivity contribution >= 4 is 9.84 Å². The molecule has 1 rings (SSSR count). The van der Waals surface area contributed by atoms with Gasteiger partial charge in [-0.15, -0.1) is 0 Å². The highest BCUT2D eigenvalue weighted by molar-refractivity contribution is 7.92. The maximum absolute atomic E-state index is 12.3. The van der Waals surface area contributed by atoms with Crippen LogP contribution in [-0.4, -0.2) is 26.0 Å². The zero-order valence-electron chi connectivity index (χ0n) is 12.5. The van der Waals surface area contributed by atoms with Crippen LogP contribution in [0.4, 0.5) is 0 Å². The smallest absolute Gasteiger partial charge is 0.157 e. The van der Waals surface area contributed by atoms with Gasteiger partial charge in [-0.1, -0.05) is 31.2 Å². The zero-order valence-corrected chi connectivity index (χ0v) is 13.3. The standard InChI is InChI=1S/C15H25NO2S/c1-6-13-7-9-14(10-8-13)15(16-5)12(4)19(17,18)11(2)3/h7-12,15-16H,6H2,1-5H3. The molecule has 0 fully saturated rings. The van der Waals surface area contributed by atoms with E-state index in [4.69, 9.17) is 0 Å². The SMILES string of the molecule is CCc1ccc(C(NC)C(C)S(=O)(=O)C(C)C)cc1. The van der Waals surface area contributed by atoms with Crippen molar-refractivity contribution in [2.75, 3.05) is 7.05 Å². The van der Waals surface area contributed by atoms with E-state index in [-0.39, 0.29) is 11.3 Å². The Bertz CT molecular complexity index is 491. The molecule has 0 radical (unpaired) electrons. The summed E-state index contributed by atoms with van der Waals surface area (Å²) in [5.41, 5.74) is 2.29. The molecule has 1 aromatic rings. The van der Waals surface area contributed by atoms with Gasteiger partial charge in [0.2, 0.25) is 0 Å². The first kappa shape index (κ1) is 16.2. The molecule has 1 aromatic carbocycles. The molecular weight excluding hydrogens is 258 g/mol. The van der Waals surface area contributed by atoms with E-state index in [0.717, 1.165) is 12.0 Å². The molecule has 19 heavy (non-hydrogen) atoms. The lowest BCUT2D eigenvalue weighted by molar-refractivity contribution is 0.524. The Balaban J connectivity index is 3.06. The summed E-state index contributed by atoms with van der Waals surface area (Å²) in [6, 6.07) is 8.00. The molecule has 0 bridgehead atoms. The second-order valence-electron chi connectivity index (χ2n) is 5.20. The van der Waals surface area contributed by atoms with Gasteiger partial charge in [0.15, 0.2) is 9.84 Å². The first-order chi connectivity index (χ1) is 8.84. The topological polar surface area (TPSA) is 46.2 Å². The maximum atomic E-state index is 12.3. The third kappa shape index (κ3) is 3.57. The predicted octanol–water partition coefficient (Wildman–Crippen LogP) is 2.72. The molecule has 2 atom stereocenters. The van der Waals surface area contributed by atoms with Crippen molar-refractivity contribution in [3.05, 3.63) is 35.4 Å². The van der Waals surface area contributed by atoms with Crippen molar-refractivity contribution in [2.45, 2.75) is 50.7 Å². The van der Waals surface area contributed by atoms with Gasteiger partial charge in [0.05, 0.1) is 10.5 Å². The van der Waals surface area contributed by atoms with Crippen molar-refractivity contribution in [3.8, 4) is 0 Å². The molecule has 0 aliphatic rings. The van der Waals surface area contributed by atoms with Gasteiger partial charge >= 0.3 is 0 Å². The van der Waals surface area contributed by atoms with Gasteiger partial charge in [-0.25, -0.2) is 8.42 Å². The average molecular weight is 283 g/mol. The molecule has 108 valence electrons. The van der Waals surface area contributed by atoms with E-state index in [1.807, 2.05) is 19.2 Å². The Morgan fingerprint density at radius 1 is 1.11 bits per heavy atom. The molecule has 0 heterocycles. The minimum absolute atomic E-state index is 0.168. The van der Waals surface area contributed by atoms with Gasteiger partial charge in [0, 0.05) is 6.04 Å². The van der Waals surface area contributed by atoms with Crippen LogP contribution in [0, 0.1) is 0 Å². The molecule has 0 aliphatic carbocycles. The number of hydrogen-bond acceptors (Lipinski definition) is 3. The highest BCUT2D eigenvalue weighted by Crippen LogP contribution is 2.24. The molecule has 0 aromatic heterocycles. The zero-order chi connectivity index (χ0) is 14.6. The van der Waals surface area contributed by atoms with Crippen LogP contribution in [0.1, 0.15) is 44.9 Å². The van der Waals surface area contributed by atoms with E-state index in [2.05, 4.69) is 24.4 Å². The van der Waals surface area contributed by atoms with Gasteiger partial charge in [0.1, 0.15) is 0 Å². The van der Waals surface area contributed by atoms with E-state index >= 15 is 0 Å². The number of nitrogens with one attached hydrogen (secondary N) is 1. The molecule has 0 aliphatic heterocycles. The first-order valence-electron chi connectivity index (χ1n) is 6.83. The number of hydrogen-bond donors (Lipinski definition) is 1. The third-order valence-corrected chi connectivity index (χ3v) is 6.33. The minimum atomic E-state index is -3.11. The van der Waals surface area contributed by atoms with E-state index in [1.165, 1.54) is 5.56 Å². The minimum Gasteiger partial charge on any atom is -0.312 e. The van der Waals surface area contributed by atoms with Crippen LogP contribution in [0.25, 0.3) is 0 Å². The van der Waals surface area contributed by atoms with Crippen LogP contribution in [0.15, 0.2) is 24.3 Å². The molecule has 0 spiro atoms. The molecule has 1 N–H and O–H groups in total. The van der Waals surface area contributed by atoms with Crippen LogP contribution in [0.5, 0.6) is 0 Å². The first-order valence-corrected chi connectivity index (χ1v) is 8.44. The van der Waals surface area contributed by atoms with Gasteiger partial charge in [-0.3, -0.25) is 0 Å². The summed E-state index contributed by atoms with van der Waals surface area (Å²) in [6.07, 6.45) is 0.990. The highest BCUT2D eigenvalue weighted by Gasteiger charge is 2.31. The van der Waals surface area contributed by atoms with Crippen LogP contribution >= 0.6 is 0 Å². The largest absolute Gasteiger partial charge is 0.312 e. The molecule has 0 saturated carbocycles. The molecule has 4 heteroatoms. The van der Waals surface area contributed by atoms with E-state index in [9.17, 15) is 8.42 Å². The summed E-state index contributed by atoms with van der Waals surface area (Å²) >= 11 is 0. The fourth-order valence-electron chi connectivity index (χ4n) is 2.25. The van der Waals surface area contributed by atoms with Crippen LogP contribution in [0.2, 0.25) is 0 Å². The van der Waals surface area contributed by atoms with Gasteiger partial charge in [-0.05, 0) is 45.4 Å². The number of rotatable bonds is 6. The second kappa shape index (κ2) is 6.53. The van der Waals surface area contributed by atoms with Gasteiger partial charge in [0.25, 0.3) is 0 Å². The van der Waals surface area contributed by atoms with E-state index in [0.29, 0.717) is 0 Å². The Kier molecular flexibility index (Phi) is 5.56. The monoisotopic (exact) mass is 283 g/mol. The lowest BCUT2D eigenvalue weighted by Crippen LogP contribution is -2.37. The Hall–Kier alpha value is -0.870. The summed E-state index contributed by atoms with van der Waals surface area (Å²) in [4.78, 5) is 0. The number of benzene rings is 1. The fraction of sp³-hybridized carbons (Fsp3) is 0.600. The molecular formula is C15H25NO2S. The Morgan fingerprint density at radius 2 is 1.63 bits per heavy atom. The van der Waals surface area contributed by atoms with E-state index < -0.39 is 15.1 Å². The Morgan fingerprint density at radius 3 is 2.00 bits per heavy atom. The van der Waals surface area contributed by atoms with Crippen molar-refractivity contribution in [2.24, 2.45) is 0 Å². The number of sulfone groups is 1. The quantitative estimate of drug-likeness (QED) is 0.873. The highest BCUT2D eigenvalue weighted by atomic mass is 32.2. The van der Waals surface area contributed by atoms with Crippen molar-refractivity contribution < 1.29 is 8.42 Å². The van der Waals surface area contributed by atoms with Gasteiger partial charge in [-0.2, -0.15) is 0 Å². The van der Waals surface area contributed by atoms with Crippen LogP contribution in [0.3, 0.4) is 0 Å². The van der Waals surface area contributed by atoms with Gasteiger partial charge < -0.3 is 5.32 Å². The molecule has 0 amide bonds. The predicted molar refractivity (Wildman–Crippen MR) is 81.1 cm³/mol. The van der Waals surface area contributed by atoms with E-state index in [1.54, 1.807) is 20.8 Å². The maximum Gasteiger partial charge on any atom is 0.157 e. The summed E-state index contributed by atoms with van der Waals surface area (Å²) in [7, 11) is -1.30. The lowest BCUT2D eigenvalue weighted by atomic mass is 10.0. The summed E-state index contributed by atoms with van der Waals surface area (Å²) in [6.45, 7) is 7.36. The van der Waals surface area contributed by atoms with Crippen molar-refractivity contribution in [1.82, 2.24) is 5.32 Å². The van der Waals surface area contributed by atoms with Crippen LogP contribution < -0.4 is 5.32 Å². The molecule has 2 unspecified atom stereocenters. The normalized spacial score (nSPS) is 15.5.